The Kier molecular flexibility index (Phi) is 17.2. The largest absolute Gasteiger partial charge is 0.466 e. The lowest BCUT2D eigenvalue weighted by Crippen LogP contribution is -2.37. The summed E-state index contributed by atoms with van der Waals surface area (Å²) in [6.07, 6.45) is 3.83. The molecule has 1 heterocycles. The molecule has 0 aromatic heterocycles. The van der Waals surface area contributed by atoms with E-state index in [1.807, 2.05) is 0 Å². The lowest BCUT2D eigenvalue weighted by Gasteiger charge is -2.23. The second kappa shape index (κ2) is 16.3. The minimum absolute atomic E-state index is 0.0255. The zero-order chi connectivity index (χ0) is 20.5. The Balaban J connectivity index is 0. The zero-order valence-electron chi connectivity index (χ0n) is 15.1. The first-order chi connectivity index (χ1) is 12.4. The fraction of sp³-hybridized carbons (Fsp3) is 0.938. The maximum Gasteiger partial charge on any atom is 0.305 e. The molecule has 0 spiro atoms. The molecule has 0 aromatic carbocycles. The van der Waals surface area contributed by atoms with Gasteiger partial charge in [-0.25, -0.2) is 0 Å². The Hall–Kier alpha value is -0.850. The number of carbonyl (C=O) groups is 1. The van der Waals surface area contributed by atoms with Gasteiger partial charge in [0.1, 0.15) is 0 Å². The number of hydrogen-bond acceptors (Lipinski definition) is 10. The normalized spacial score (nSPS) is 15.0. The van der Waals surface area contributed by atoms with Crippen molar-refractivity contribution in [3.63, 3.8) is 0 Å². The van der Waals surface area contributed by atoms with Gasteiger partial charge in [-0.05, 0) is 19.3 Å². The summed E-state index contributed by atoms with van der Waals surface area (Å²) < 4.78 is 4.76. The Morgan fingerprint density at radius 1 is 0.615 bits per heavy atom. The van der Waals surface area contributed by atoms with Crippen molar-refractivity contribution < 1.29 is 50.4 Å². The van der Waals surface area contributed by atoms with Crippen LogP contribution in [0.3, 0.4) is 0 Å². The molecule has 1 saturated heterocycles. The molecule has 1 aliphatic rings. The number of cyclic esters (lactones) is 1. The van der Waals surface area contributed by atoms with Crippen LogP contribution in [0.15, 0.2) is 0 Å². The van der Waals surface area contributed by atoms with E-state index in [2.05, 4.69) is 0 Å². The molecule has 0 aliphatic carbocycles. The van der Waals surface area contributed by atoms with Crippen molar-refractivity contribution in [2.75, 3.05) is 59.5 Å². The summed E-state index contributed by atoms with van der Waals surface area (Å²) in [6, 6.07) is 0. The van der Waals surface area contributed by atoms with Crippen LogP contribution in [0.5, 0.6) is 0 Å². The predicted molar refractivity (Wildman–Crippen MR) is 91.0 cm³/mol. The van der Waals surface area contributed by atoms with Crippen LogP contribution in [0, 0.1) is 10.8 Å². The first-order valence-corrected chi connectivity index (χ1v) is 8.41. The van der Waals surface area contributed by atoms with Crippen molar-refractivity contribution in [3.8, 4) is 0 Å². The van der Waals surface area contributed by atoms with E-state index in [1.54, 1.807) is 0 Å². The van der Waals surface area contributed by atoms with Crippen molar-refractivity contribution >= 4 is 5.97 Å². The molecule has 0 bridgehead atoms. The number of ether oxygens (including phenoxy) is 1. The first-order valence-electron chi connectivity index (χ1n) is 8.41. The van der Waals surface area contributed by atoms with E-state index in [1.165, 1.54) is 0 Å². The molecule has 0 saturated carbocycles. The summed E-state index contributed by atoms with van der Waals surface area (Å²) in [5, 5.41) is 68.0. The second-order valence-electron chi connectivity index (χ2n) is 6.30. The number of hydrogen-bond donors (Lipinski definition) is 8. The van der Waals surface area contributed by atoms with E-state index in [4.69, 9.17) is 45.6 Å². The molecular formula is C16H34O10. The summed E-state index contributed by atoms with van der Waals surface area (Å²) in [7, 11) is 0. The van der Waals surface area contributed by atoms with Crippen LogP contribution in [0.1, 0.15) is 25.7 Å². The maximum absolute atomic E-state index is 10.5. The smallest absolute Gasteiger partial charge is 0.305 e. The van der Waals surface area contributed by atoms with Crippen molar-refractivity contribution in [1.82, 2.24) is 0 Å². The van der Waals surface area contributed by atoms with Gasteiger partial charge in [-0.3, -0.25) is 4.79 Å². The lowest BCUT2D eigenvalue weighted by atomic mass is 9.93. The van der Waals surface area contributed by atoms with Gasteiger partial charge < -0.3 is 45.6 Å². The molecule has 0 amide bonds. The molecule has 1 rings (SSSR count). The average Bonchev–Trinajstić information content (AvgIpc) is 2.95. The van der Waals surface area contributed by atoms with E-state index in [0.717, 1.165) is 19.3 Å². The van der Waals surface area contributed by atoms with Gasteiger partial charge >= 0.3 is 5.97 Å². The molecule has 1 aliphatic heterocycles. The predicted octanol–water partition coefficient (Wildman–Crippen LogP) is -3.01. The van der Waals surface area contributed by atoms with E-state index in [-0.39, 0.29) is 5.97 Å². The van der Waals surface area contributed by atoms with E-state index >= 15 is 0 Å². The summed E-state index contributed by atoms with van der Waals surface area (Å²) >= 11 is 0. The van der Waals surface area contributed by atoms with Crippen LogP contribution in [-0.2, 0) is 9.53 Å². The van der Waals surface area contributed by atoms with Gasteiger partial charge in [0.15, 0.2) is 0 Å². The average molecular weight is 386 g/mol. The fourth-order valence-electron chi connectivity index (χ4n) is 1.41. The molecule has 10 nitrogen and oxygen atoms in total. The van der Waals surface area contributed by atoms with Crippen molar-refractivity contribution in [1.29, 1.82) is 0 Å². The van der Waals surface area contributed by atoms with Gasteiger partial charge in [-0.2, -0.15) is 0 Å². The Morgan fingerprint density at radius 2 is 0.962 bits per heavy atom. The summed E-state index contributed by atoms with van der Waals surface area (Å²) in [6.45, 7) is -2.61. The number of aliphatic hydroxyl groups excluding tert-OH is 8. The maximum atomic E-state index is 10.5. The number of esters is 1. The van der Waals surface area contributed by atoms with Gasteiger partial charge in [0.05, 0.1) is 70.3 Å². The summed E-state index contributed by atoms with van der Waals surface area (Å²) in [5.74, 6) is -0.0255. The van der Waals surface area contributed by atoms with Gasteiger partial charge in [-0.1, -0.05) is 0 Å². The molecular weight excluding hydrogens is 352 g/mol. The quantitative estimate of drug-likeness (QED) is 0.199. The summed E-state index contributed by atoms with van der Waals surface area (Å²) in [5.41, 5.74) is -2.22. The van der Waals surface area contributed by atoms with Gasteiger partial charge in [0.25, 0.3) is 0 Å². The molecule has 158 valence electrons. The van der Waals surface area contributed by atoms with E-state index in [0.29, 0.717) is 13.0 Å². The highest BCUT2D eigenvalue weighted by Gasteiger charge is 2.27. The van der Waals surface area contributed by atoms with E-state index in [9.17, 15) is 4.79 Å². The number of carbonyl (C=O) groups excluding carboxylic acids is 1. The van der Waals surface area contributed by atoms with Crippen molar-refractivity contribution in [2.45, 2.75) is 25.7 Å². The zero-order valence-corrected chi connectivity index (χ0v) is 15.1. The minimum Gasteiger partial charge on any atom is -0.466 e. The first kappa shape index (κ1) is 27.4. The Bertz CT molecular complexity index is 264. The molecule has 1 fully saturated rings. The molecule has 10 heteroatoms. The summed E-state index contributed by atoms with van der Waals surface area (Å²) in [4.78, 5) is 10.5. The highest BCUT2D eigenvalue weighted by Crippen LogP contribution is 2.12. The van der Waals surface area contributed by atoms with Crippen LogP contribution in [0.2, 0.25) is 0 Å². The highest BCUT2D eigenvalue weighted by atomic mass is 16.5. The second-order valence-corrected chi connectivity index (χ2v) is 6.30. The van der Waals surface area contributed by atoms with E-state index < -0.39 is 63.7 Å². The third-order valence-corrected chi connectivity index (χ3v) is 3.97. The SMILES string of the molecule is O=C1CCCCCO1.OCC(CO)(CO)CO.OCC(CO)(CO)CO. The highest BCUT2D eigenvalue weighted by molar-refractivity contribution is 5.69. The van der Waals surface area contributed by atoms with Gasteiger partial charge in [0, 0.05) is 6.42 Å². The van der Waals surface area contributed by atoms with Crippen molar-refractivity contribution in [3.05, 3.63) is 0 Å². The third kappa shape index (κ3) is 11.0. The Labute approximate surface area is 153 Å². The molecule has 0 aromatic rings. The van der Waals surface area contributed by atoms with Crippen LogP contribution in [0.4, 0.5) is 0 Å². The number of rotatable bonds is 8. The molecule has 26 heavy (non-hydrogen) atoms. The monoisotopic (exact) mass is 386 g/mol. The standard InChI is InChI=1S/C6H10O2.2C5H12O4/c7-6-4-2-1-3-5-8-6;2*6-1-5(2-7,3-8)4-9/h1-5H2;2*6-9H,1-4H2. The molecule has 0 radical (unpaired) electrons. The van der Waals surface area contributed by atoms with Crippen molar-refractivity contribution in [2.24, 2.45) is 10.8 Å². The van der Waals surface area contributed by atoms with Crippen LogP contribution in [-0.4, -0.2) is 106 Å². The Morgan fingerprint density at radius 3 is 1.23 bits per heavy atom. The minimum atomic E-state index is -1.11. The van der Waals surface area contributed by atoms with Crippen LogP contribution >= 0.6 is 0 Å². The molecule has 0 unspecified atom stereocenters. The van der Waals surface area contributed by atoms with Crippen LogP contribution < -0.4 is 0 Å². The van der Waals surface area contributed by atoms with Gasteiger partial charge in [0.2, 0.25) is 0 Å². The number of aliphatic hydroxyl groups is 8. The fourth-order valence-corrected chi connectivity index (χ4v) is 1.41. The lowest BCUT2D eigenvalue weighted by molar-refractivity contribution is -0.142. The topological polar surface area (TPSA) is 188 Å². The third-order valence-electron chi connectivity index (χ3n) is 3.97. The molecule has 8 N–H and O–H groups in total. The van der Waals surface area contributed by atoms with Crippen LogP contribution in [0.25, 0.3) is 0 Å². The molecule has 0 atom stereocenters. The van der Waals surface area contributed by atoms with Gasteiger partial charge in [-0.15, -0.1) is 0 Å².